The molecule has 5 rings (SSSR count). The highest BCUT2D eigenvalue weighted by atomic mass is 16.1. The molecule has 4 saturated carbocycles. The van der Waals surface area contributed by atoms with Crippen molar-refractivity contribution in [1.82, 2.24) is 0 Å². The molecular weight excluding hydrogens is 258 g/mol. The van der Waals surface area contributed by atoms with E-state index in [1.807, 2.05) is 0 Å². The second kappa shape index (κ2) is 4.66. The van der Waals surface area contributed by atoms with Crippen LogP contribution < -0.4 is 4.57 Å². The molecule has 1 aromatic rings. The molecule has 0 N–H and O–H groups in total. The number of hydrogen-bond donors (Lipinski definition) is 0. The van der Waals surface area contributed by atoms with Gasteiger partial charge in [0.2, 0.25) is 12.3 Å². The predicted octanol–water partition coefficient (Wildman–Crippen LogP) is 3.38. The zero-order chi connectivity index (χ0) is 14.6. The molecule has 0 saturated heterocycles. The summed E-state index contributed by atoms with van der Waals surface area (Å²) >= 11 is 0. The summed E-state index contributed by atoms with van der Waals surface area (Å²) in [4.78, 5) is 13.1. The zero-order valence-corrected chi connectivity index (χ0v) is 13.3. The number of ketones is 1. The largest absolute Gasteiger partial charge is 0.292 e. The number of nitrogens with zero attached hydrogens (tertiary/aromatic N) is 1. The number of carbonyl (C=O) groups excluding carboxylic acids is 1. The summed E-state index contributed by atoms with van der Waals surface area (Å²) in [7, 11) is 0. The van der Waals surface area contributed by atoms with Gasteiger partial charge in [0.15, 0.2) is 11.9 Å². The molecule has 1 aromatic heterocycles. The maximum Gasteiger partial charge on any atom is 0.207 e. The van der Waals surface area contributed by atoms with Crippen molar-refractivity contribution in [3.05, 3.63) is 29.6 Å². The molecule has 4 fully saturated rings. The van der Waals surface area contributed by atoms with Crippen LogP contribution in [0.4, 0.5) is 0 Å². The first-order chi connectivity index (χ1) is 10.1. The van der Waals surface area contributed by atoms with E-state index in [2.05, 4.69) is 36.7 Å². The van der Waals surface area contributed by atoms with Crippen molar-refractivity contribution in [3.8, 4) is 0 Å². The van der Waals surface area contributed by atoms with Gasteiger partial charge in [0.1, 0.15) is 0 Å². The Morgan fingerprint density at radius 1 is 1.14 bits per heavy atom. The molecule has 21 heavy (non-hydrogen) atoms. The molecule has 4 aliphatic carbocycles. The summed E-state index contributed by atoms with van der Waals surface area (Å²) in [5.74, 6) is 3.07. The second-order valence-electron chi connectivity index (χ2n) is 8.03. The first-order valence-electron chi connectivity index (χ1n) is 8.55. The third-order valence-electron chi connectivity index (χ3n) is 6.56. The molecule has 0 radical (unpaired) electrons. The van der Waals surface area contributed by atoms with Crippen LogP contribution in [-0.4, -0.2) is 5.78 Å². The van der Waals surface area contributed by atoms with E-state index in [9.17, 15) is 4.79 Å². The molecule has 0 aromatic carbocycles. The van der Waals surface area contributed by atoms with Gasteiger partial charge in [-0.2, -0.15) is 4.57 Å². The highest BCUT2D eigenvalue weighted by molar-refractivity contribution is 5.84. The maximum atomic E-state index is 13.1. The van der Waals surface area contributed by atoms with Gasteiger partial charge in [-0.1, -0.05) is 0 Å². The molecule has 4 aliphatic rings. The monoisotopic (exact) mass is 284 g/mol. The Hall–Kier alpha value is -1.18. The van der Waals surface area contributed by atoms with Crippen LogP contribution in [0.5, 0.6) is 0 Å². The number of pyridine rings is 1. The first kappa shape index (κ1) is 13.5. The third-order valence-corrected chi connectivity index (χ3v) is 6.56. The van der Waals surface area contributed by atoms with Gasteiger partial charge >= 0.3 is 0 Å². The van der Waals surface area contributed by atoms with Crippen LogP contribution in [0.3, 0.4) is 0 Å². The van der Waals surface area contributed by atoms with Gasteiger partial charge in [-0.15, -0.1) is 0 Å². The zero-order valence-electron chi connectivity index (χ0n) is 13.3. The van der Waals surface area contributed by atoms with Crippen molar-refractivity contribution < 1.29 is 9.36 Å². The Labute approximate surface area is 127 Å². The lowest BCUT2D eigenvalue weighted by Gasteiger charge is -2.55. The van der Waals surface area contributed by atoms with E-state index in [4.69, 9.17) is 0 Å². The number of carbonyl (C=O) groups is 1. The van der Waals surface area contributed by atoms with Crippen LogP contribution >= 0.6 is 0 Å². The molecule has 2 heteroatoms. The SMILES string of the molecule is Cc1ccc[n+](CC(=O)C23CC4CC(CC(C4)C2)C3)c1C. The summed E-state index contributed by atoms with van der Waals surface area (Å²) in [6.45, 7) is 4.84. The van der Waals surface area contributed by atoms with Gasteiger partial charge in [-0.3, -0.25) is 4.79 Å². The maximum absolute atomic E-state index is 13.1. The van der Waals surface area contributed by atoms with Crippen LogP contribution in [0.2, 0.25) is 0 Å². The lowest BCUT2D eigenvalue weighted by Crippen LogP contribution is -2.54. The van der Waals surface area contributed by atoms with Crippen molar-refractivity contribution in [3.63, 3.8) is 0 Å². The Bertz CT molecular complexity index is 554. The minimum absolute atomic E-state index is 0.0396. The number of aromatic nitrogens is 1. The summed E-state index contributed by atoms with van der Waals surface area (Å²) in [6, 6.07) is 4.19. The van der Waals surface area contributed by atoms with Crippen molar-refractivity contribution in [2.75, 3.05) is 0 Å². The number of rotatable bonds is 3. The molecular formula is C19H26NO+. The Kier molecular flexibility index (Phi) is 2.99. The fraction of sp³-hybridized carbons (Fsp3) is 0.684. The molecule has 1 heterocycles. The molecule has 4 bridgehead atoms. The van der Waals surface area contributed by atoms with Crippen molar-refractivity contribution >= 4 is 5.78 Å². The molecule has 112 valence electrons. The molecule has 0 aliphatic heterocycles. The Morgan fingerprint density at radius 3 is 2.29 bits per heavy atom. The quantitative estimate of drug-likeness (QED) is 0.780. The normalized spacial score (nSPS) is 37.0. The minimum Gasteiger partial charge on any atom is -0.292 e. The van der Waals surface area contributed by atoms with Gasteiger partial charge in [0.05, 0.1) is 0 Å². The van der Waals surface area contributed by atoms with Crippen molar-refractivity contribution in [1.29, 1.82) is 0 Å². The van der Waals surface area contributed by atoms with Crippen LogP contribution in [-0.2, 0) is 11.3 Å². The lowest BCUT2D eigenvalue weighted by atomic mass is 9.48. The summed E-state index contributed by atoms with van der Waals surface area (Å²) < 4.78 is 2.16. The first-order valence-corrected chi connectivity index (χ1v) is 8.55. The molecule has 0 unspecified atom stereocenters. The Morgan fingerprint density at radius 2 is 1.71 bits per heavy atom. The topological polar surface area (TPSA) is 20.9 Å². The number of aryl methyl sites for hydroxylation is 1. The van der Waals surface area contributed by atoms with E-state index >= 15 is 0 Å². The van der Waals surface area contributed by atoms with Crippen LogP contribution in [0.25, 0.3) is 0 Å². The van der Waals surface area contributed by atoms with Gasteiger partial charge in [0, 0.05) is 24.0 Å². The van der Waals surface area contributed by atoms with Crippen LogP contribution in [0, 0.1) is 37.0 Å². The third kappa shape index (κ3) is 2.15. The number of hydrogen-bond acceptors (Lipinski definition) is 1. The van der Waals surface area contributed by atoms with Gasteiger partial charge < -0.3 is 0 Å². The van der Waals surface area contributed by atoms with E-state index in [0.29, 0.717) is 12.3 Å². The fourth-order valence-corrected chi connectivity index (χ4v) is 5.70. The highest BCUT2D eigenvalue weighted by Crippen LogP contribution is 2.60. The summed E-state index contributed by atoms with van der Waals surface area (Å²) in [5.41, 5.74) is 2.55. The molecule has 0 amide bonds. The molecule has 0 spiro atoms. The number of Topliss-reactive ketones (excluding diaryl/α,β-unsaturated/α-hetero) is 1. The summed E-state index contributed by atoms with van der Waals surface area (Å²) in [6.07, 6.45) is 9.84. The van der Waals surface area contributed by atoms with Crippen molar-refractivity contribution in [2.24, 2.45) is 23.2 Å². The van der Waals surface area contributed by atoms with Crippen LogP contribution in [0.15, 0.2) is 18.3 Å². The smallest absolute Gasteiger partial charge is 0.207 e. The molecule has 0 atom stereocenters. The van der Waals surface area contributed by atoms with E-state index in [-0.39, 0.29) is 5.41 Å². The van der Waals surface area contributed by atoms with Gasteiger partial charge in [-0.05, 0) is 69.3 Å². The van der Waals surface area contributed by atoms with Crippen LogP contribution in [0.1, 0.15) is 49.8 Å². The molecule has 2 nitrogen and oxygen atoms in total. The van der Waals surface area contributed by atoms with E-state index < -0.39 is 0 Å². The minimum atomic E-state index is 0.0396. The second-order valence-corrected chi connectivity index (χ2v) is 8.03. The summed E-state index contributed by atoms with van der Waals surface area (Å²) in [5, 5.41) is 0. The van der Waals surface area contributed by atoms with E-state index in [1.165, 1.54) is 49.8 Å². The van der Waals surface area contributed by atoms with E-state index in [0.717, 1.165) is 17.8 Å². The average Bonchev–Trinajstić information content (AvgIpc) is 2.42. The Balaban J connectivity index is 1.59. The van der Waals surface area contributed by atoms with Crippen molar-refractivity contribution in [2.45, 2.75) is 58.9 Å². The fourth-order valence-electron chi connectivity index (χ4n) is 5.70. The van der Waals surface area contributed by atoms with Gasteiger partial charge in [-0.25, -0.2) is 0 Å². The van der Waals surface area contributed by atoms with E-state index in [1.54, 1.807) is 0 Å². The van der Waals surface area contributed by atoms with Gasteiger partial charge in [0.25, 0.3) is 0 Å². The average molecular weight is 284 g/mol. The predicted molar refractivity (Wildman–Crippen MR) is 81.7 cm³/mol. The lowest BCUT2D eigenvalue weighted by molar-refractivity contribution is -0.691. The standard InChI is InChI=1S/C19H26NO/c1-13-4-3-5-20(14(13)2)12-18(21)19-9-15-6-16(10-19)8-17(7-15)11-19/h3-5,15-17H,6-12H2,1-2H3/q+1. The highest BCUT2D eigenvalue weighted by Gasteiger charge is 2.55.